The minimum atomic E-state index is -0.463. The summed E-state index contributed by atoms with van der Waals surface area (Å²) in [5, 5.41) is 10.5. The highest BCUT2D eigenvalue weighted by Gasteiger charge is 2.37. The molecule has 0 spiro atoms. The zero-order chi connectivity index (χ0) is 18.9. The van der Waals surface area contributed by atoms with Gasteiger partial charge in [-0.1, -0.05) is 42.8 Å². The van der Waals surface area contributed by atoms with Crippen molar-refractivity contribution >= 4 is 27.3 Å². The van der Waals surface area contributed by atoms with Crippen LogP contribution >= 0.6 is 15.9 Å². The number of ketones is 1. The molecule has 136 valence electrons. The van der Waals surface area contributed by atoms with Crippen molar-refractivity contribution in [3.63, 3.8) is 0 Å². The van der Waals surface area contributed by atoms with Crippen molar-refractivity contribution in [2.45, 2.75) is 40.0 Å². The van der Waals surface area contributed by atoms with Crippen molar-refractivity contribution in [3.05, 3.63) is 63.8 Å². The van der Waals surface area contributed by atoms with Crippen molar-refractivity contribution in [1.29, 1.82) is 0 Å². The maximum Gasteiger partial charge on any atom is 0.172 e. The van der Waals surface area contributed by atoms with E-state index >= 15 is 0 Å². The second kappa shape index (κ2) is 7.28. The standard InChI is InChI=1S/C22H23BrO3/c1-4-14-5-8-17(26-16-9-6-15(23)7-10-16)13-18(14)20-19(24)11-12-22(2,3)21(20)25/h5-10,13,24H,4,11-12H2,1-3H3. The highest BCUT2D eigenvalue weighted by molar-refractivity contribution is 9.10. The fraction of sp³-hybridized carbons (Fsp3) is 0.318. The minimum absolute atomic E-state index is 0.00302. The molecule has 0 saturated carbocycles. The molecule has 0 aromatic heterocycles. The molecule has 1 aliphatic carbocycles. The zero-order valence-corrected chi connectivity index (χ0v) is 16.9. The van der Waals surface area contributed by atoms with E-state index in [1.165, 1.54) is 0 Å². The fourth-order valence-electron chi connectivity index (χ4n) is 3.22. The Bertz CT molecular complexity index is 863. The van der Waals surface area contributed by atoms with Crippen LogP contribution in [0.25, 0.3) is 5.57 Å². The maximum atomic E-state index is 13.0. The van der Waals surface area contributed by atoms with Gasteiger partial charge in [-0.25, -0.2) is 0 Å². The van der Waals surface area contributed by atoms with Gasteiger partial charge < -0.3 is 9.84 Å². The van der Waals surface area contributed by atoms with E-state index in [4.69, 9.17) is 4.74 Å². The molecular formula is C22H23BrO3. The number of hydrogen-bond donors (Lipinski definition) is 1. The van der Waals surface area contributed by atoms with E-state index in [2.05, 4.69) is 15.9 Å². The summed E-state index contributed by atoms with van der Waals surface area (Å²) < 4.78 is 6.93. The predicted molar refractivity (Wildman–Crippen MR) is 108 cm³/mol. The topological polar surface area (TPSA) is 46.5 Å². The van der Waals surface area contributed by atoms with Gasteiger partial charge in [0, 0.05) is 16.3 Å². The first kappa shape index (κ1) is 18.7. The Kier molecular flexibility index (Phi) is 5.24. The summed E-state index contributed by atoms with van der Waals surface area (Å²) in [6, 6.07) is 13.3. The molecule has 0 fully saturated rings. The van der Waals surface area contributed by atoms with Crippen LogP contribution in [0.1, 0.15) is 44.7 Å². The Morgan fingerprint density at radius 3 is 2.42 bits per heavy atom. The number of Topliss-reactive ketones (excluding diaryl/α,β-unsaturated/α-hetero) is 1. The van der Waals surface area contributed by atoms with Gasteiger partial charge in [0.15, 0.2) is 5.78 Å². The molecule has 26 heavy (non-hydrogen) atoms. The lowest BCUT2D eigenvalue weighted by atomic mass is 9.73. The number of aliphatic hydroxyl groups is 1. The van der Waals surface area contributed by atoms with Crippen molar-refractivity contribution < 1.29 is 14.6 Å². The summed E-state index contributed by atoms with van der Waals surface area (Å²) in [6.07, 6.45) is 1.96. The summed E-state index contributed by atoms with van der Waals surface area (Å²) in [7, 11) is 0. The van der Waals surface area contributed by atoms with Gasteiger partial charge in [0.1, 0.15) is 17.3 Å². The van der Waals surface area contributed by atoms with Gasteiger partial charge in [0.25, 0.3) is 0 Å². The molecule has 0 atom stereocenters. The number of aliphatic hydroxyl groups excluding tert-OH is 1. The number of allylic oxidation sites excluding steroid dienone is 2. The second-order valence-electron chi connectivity index (χ2n) is 7.26. The van der Waals surface area contributed by atoms with Gasteiger partial charge in [-0.15, -0.1) is 0 Å². The van der Waals surface area contributed by atoms with Gasteiger partial charge in [-0.2, -0.15) is 0 Å². The average molecular weight is 415 g/mol. The number of hydrogen-bond acceptors (Lipinski definition) is 3. The molecule has 0 heterocycles. The maximum absolute atomic E-state index is 13.0. The van der Waals surface area contributed by atoms with Crippen LogP contribution in [0.3, 0.4) is 0 Å². The summed E-state index contributed by atoms with van der Waals surface area (Å²) in [6.45, 7) is 5.93. The lowest BCUT2D eigenvalue weighted by molar-refractivity contribution is -0.122. The monoisotopic (exact) mass is 414 g/mol. The Hall–Kier alpha value is -2.07. The number of aryl methyl sites for hydroxylation is 1. The first-order valence-electron chi connectivity index (χ1n) is 8.85. The molecule has 0 saturated heterocycles. The van der Waals surface area contributed by atoms with Crippen LogP contribution in [0.5, 0.6) is 11.5 Å². The van der Waals surface area contributed by atoms with Crippen LogP contribution in [0.4, 0.5) is 0 Å². The smallest absolute Gasteiger partial charge is 0.172 e. The molecule has 0 amide bonds. The third-order valence-corrected chi connectivity index (χ3v) is 5.43. The Balaban J connectivity index is 2.03. The Morgan fingerprint density at radius 1 is 1.12 bits per heavy atom. The highest BCUT2D eigenvalue weighted by Crippen LogP contribution is 2.41. The molecule has 2 aromatic rings. The van der Waals surface area contributed by atoms with E-state index in [1.807, 2.05) is 63.2 Å². The van der Waals surface area contributed by atoms with Crippen molar-refractivity contribution in [2.24, 2.45) is 5.41 Å². The van der Waals surface area contributed by atoms with Crippen molar-refractivity contribution in [2.75, 3.05) is 0 Å². The lowest BCUT2D eigenvalue weighted by Gasteiger charge is -2.30. The number of carbonyl (C=O) groups excluding carboxylic acids is 1. The van der Waals surface area contributed by atoms with Gasteiger partial charge in [-0.05, 0) is 60.4 Å². The Labute approximate surface area is 162 Å². The quantitative estimate of drug-likeness (QED) is 0.623. The van der Waals surface area contributed by atoms with Crippen LogP contribution < -0.4 is 4.74 Å². The van der Waals surface area contributed by atoms with E-state index in [1.54, 1.807) is 0 Å². The van der Waals surface area contributed by atoms with Crippen molar-refractivity contribution in [1.82, 2.24) is 0 Å². The molecule has 1 aliphatic rings. The van der Waals surface area contributed by atoms with E-state index in [9.17, 15) is 9.90 Å². The number of benzene rings is 2. The number of rotatable bonds is 4. The SMILES string of the molecule is CCc1ccc(Oc2ccc(Br)cc2)cc1C1=C(O)CCC(C)(C)C1=O. The van der Waals surface area contributed by atoms with Gasteiger partial charge in [0.2, 0.25) is 0 Å². The van der Waals surface area contributed by atoms with Crippen LogP contribution in [0.2, 0.25) is 0 Å². The van der Waals surface area contributed by atoms with E-state index in [-0.39, 0.29) is 11.5 Å². The van der Waals surface area contributed by atoms with Crippen LogP contribution in [-0.2, 0) is 11.2 Å². The van der Waals surface area contributed by atoms with Gasteiger partial charge in [-0.3, -0.25) is 4.79 Å². The fourth-order valence-corrected chi connectivity index (χ4v) is 3.48. The predicted octanol–water partition coefficient (Wildman–Crippen LogP) is 6.46. The van der Waals surface area contributed by atoms with E-state index in [0.717, 1.165) is 27.8 Å². The normalized spacial score (nSPS) is 16.7. The summed E-state index contributed by atoms with van der Waals surface area (Å²) in [5.41, 5.74) is 1.78. The van der Waals surface area contributed by atoms with Crippen LogP contribution in [0, 0.1) is 5.41 Å². The molecule has 0 bridgehead atoms. The molecule has 4 heteroatoms. The van der Waals surface area contributed by atoms with Crippen molar-refractivity contribution in [3.8, 4) is 11.5 Å². The lowest BCUT2D eigenvalue weighted by Crippen LogP contribution is -2.30. The third kappa shape index (κ3) is 3.70. The zero-order valence-electron chi connectivity index (χ0n) is 15.3. The van der Waals surface area contributed by atoms with Crippen LogP contribution in [-0.4, -0.2) is 10.9 Å². The summed E-state index contributed by atoms with van der Waals surface area (Å²) in [4.78, 5) is 13.0. The molecule has 3 nitrogen and oxygen atoms in total. The molecule has 2 aromatic carbocycles. The summed E-state index contributed by atoms with van der Waals surface area (Å²) >= 11 is 3.41. The van der Waals surface area contributed by atoms with Gasteiger partial charge in [0.05, 0.1) is 5.57 Å². The molecule has 0 radical (unpaired) electrons. The number of ether oxygens (including phenoxy) is 1. The average Bonchev–Trinajstić information content (AvgIpc) is 2.61. The first-order valence-corrected chi connectivity index (χ1v) is 9.65. The molecular weight excluding hydrogens is 392 g/mol. The number of halogens is 1. The summed E-state index contributed by atoms with van der Waals surface area (Å²) in [5.74, 6) is 1.55. The van der Waals surface area contributed by atoms with Crippen LogP contribution in [0.15, 0.2) is 52.7 Å². The van der Waals surface area contributed by atoms with Gasteiger partial charge >= 0.3 is 0 Å². The largest absolute Gasteiger partial charge is 0.512 e. The number of carbonyl (C=O) groups is 1. The second-order valence-corrected chi connectivity index (χ2v) is 8.18. The molecule has 1 N–H and O–H groups in total. The van der Waals surface area contributed by atoms with E-state index < -0.39 is 5.41 Å². The molecule has 0 aliphatic heterocycles. The minimum Gasteiger partial charge on any atom is -0.512 e. The Morgan fingerprint density at radius 2 is 1.77 bits per heavy atom. The first-order chi connectivity index (χ1) is 12.3. The van der Waals surface area contributed by atoms with E-state index in [0.29, 0.717) is 24.2 Å². The molecule has 0 unspecified atom stereocenters. The highest BCUT2D eigenvalue weighted by atomic mass is 79.9. The molecule has 3 rings (SSSR count). The third-order valence-electron chi connectivity index (χ3n) is 4.90.